The first-order valence-corrected chi connectivity index (χ1v) is 6.88. The van der Waals surface area contributed by atoms with E-state index in [1.165, 1.54) is 25.7 Å². The molecular weight excluding hydrogens is 214 g/mol. The molecule has 1 amide bonds. The molecule has 1 saturated carbocycles. The highest BCUT2D eigenvalue weighted by atomic mass is 16.2. The lowest BCUT2D eigenvalue weighted by molar-refractivity contribution is -0.132. The first kappa shape index (κ1) is 12.8. The number of rotatable bonds is 3. The van der Waals surface area contributed by atoms with E-state index in [0.29, 0.717) is 18.6 Å². The summed E-state index contributed by atoms with van der Waals surface area (Å²) in [5.74, 6) is 0.275. The molecule has 1 heterocycles. The highest BCUT2D eigenvalue weighted by Crippen LogP contribution is 2.17. The Labute approximate surface area is 104 Å². The number of hydrogen-bond donors (Lipinski definition) is 1. The monoisotopic (exact) mass is 239 g/mol. The SMILES string of the molecule is CC1CN(C(=O)CNC2CCCC2)CCN1C. The van der Waals surface area contributed by atoms with Crippen molar-refractivity contribution < 1.29 is 4.79 Å². The Morgan fingerprint density at radius 1 is 1.29 bits per heavy atom. The quantitative estimate of drug-likeness (QED) is 0.787. The summed E-state index contributed by atoms with van der Waals surface area (Å²) < 4.78 is 0. The molecule has 4 nitrogen and oxygen atoms in total. The van der Waals surface area contributed by atoms with Gasteiger partial charge in [-0.25, -0.2) is 0 Å². The molecule has 2 aliphatic rings. The van der Waals surface area contributed by atoms with Gasteiger partial charge in [-0.1, -0.05) is 12.8 Å². The number of nitrogens with zero attached hydrogens (tertiary/aromatic N) is 2. The van der Waals surface area contributed by atoms with Gasteiger partial charge in [0.1, 0.15) is 0 Å². The number of likely N-dealkylation sites (N-methyl/N-ethyl adjacent to an activating group) is 1. The number of hydrogen-bond acceptors (Lipinski definition) is 3. The fraction of sp³-hybridized carbons (Fsp3) is 0.923. The van der Waals surface area contributed by atoms with Crippen LogP contribution in [0.1, 0.15) is 32.6 Å². The maximum absolute atomic E-state index is 12.1. The molecule has 2 rings (SSSR count). The van der Waals surface area contributed by atoms with Crippen molar-refractivity contribution >= 4 is 5.91 Å². The van der Waals surface area contributed by atoms with Crippen LogP contribution in [-0.4, -0.2) is 61.0 Å². The van der Waals surface area contributed by atoms with Crippen LogP contribution in [-0.2, 0) is 4.79 Å². The Balaban J connectivity index is 1.72. The molecule has 1 atom stereocenters. The molecule has 1 saturated heterocycles. The first-order chi connectivity index (χ1) is 8.16. The molecule has 0 radical (unpaired) electrons. The van der Waals surface area contributed by atoms with Crippen molar-refractivity contribution in [1.29, 1.82) is 0 Å². The predicted molar refractivity (Wildman–Crippen MR) is 68.9 cm³/mol. The van der Waals surface area contributed by atoms with Gasteiger partial charge in [-0.05, 0) is 26.8 Å². The van der Waals surface area contributed by atoms with Gasteiger partial charge in [-0.2, -0.15) is 0 Å². The normalized spacial score (nSPS) is 27.6. The summed E-state index contributed by atoms with van der Waals surface area (Å²) >= 11 is 0. The number of carbonyl (C=O) groups excluding carboxylic acids is 1. The molecule has 0 spiro atoms. The predicted octanol–water partition coefficient (Wildman–Crippen LogP) is 0.681. The first-order valence-electron chi connectivity index (χ1n) is 6.88. The van der Waals surface area contributed by atoms with Gasteiger partial charge in [0.05, 0.1) is 6.54 Å². The standard InChI is InChI=1S/C13H25N3O/c1-11-10-16(8-7-15(11)2)13(17)9-14-12-5-3-4-6-12/h11-12,14H,3-10H2,1-2H3. The summed E-state index contributed by atoms with van der Waals surface area (Å²) in [6, 6.07) is 1.07. The van der Waals surface area contributed by atoms with Crippen LogP contribution in [0.4, 0.5) is 0 Å². The Hall–Kier alpha value is -0.610. The topological polar surface area (TPSA) is 35.6 Å². The zero-order valence-corrected chi connectivity index (χ0v) is 11.1. The van der Waals surface area contributed by atoms with Crippen LogP contribution in [0.3, 0.4) is 0 Å². The third-order valence-corrected chi connectivity index (χ3v) is 4.21. The van der Waals surface area contributed by atoms with E-state index < -0.39 is 0 Å². The average Bonchev–Trinajstić information content (AvgIpc) is 2.82. The summed E-state index contributed by atoms with van der Waals surface area (Å²) in [6.07, 6.45) is 5.12. The van der Waals surface area contributed by atoms with E-state index in [1.54, 1.807) is 0 Å². The third kappa shape index (κ3) is 3.42. The molecule has 0 aromatic heterocycles. The zero-order chi connectivity index (χ0) is 12.3. The van der Waals surface area contributed by atoms with Crippen molar-refractivity contribution in [3.8, 4) is 0 Å². The van der Waals surface area contributed by atoms with Gasteiger partial charge >= 0.3 is 0 Å². The molecule has 1 aliphatic carbocycles. The Morgan fingerprint density at radius 3 is 2.65 bits per heavy atom. The maximum atomic E-state index is 12.1. The Bertz CT molecular complexity index is 263. The molecule has 0 aromatic rings. The minimum absolute atomic E-state index is 0.275. The molecule has 2 fully saturated rings. The molecule has 1 unspecified atom stereocenters. The Kier molecular flexibility index (Phi) is 4.40. The third-order valence-electron chi connectivity index (χ3n) is 4.21. The maximum Gasteiger partial charge on any atom is 0.236 e. The highest BCUT2D eigenvalue weighted by Gasteiger charge is 2.24. The Morgan fingerprint density at radius 2 is 2.00 bits per heavy atom. The van der Waals surface area contributed by atoms with Crippen LogP contribution in [0.15, 0.2) is 0 Å². The van der Waals surface area contributed by atoms with E-state index in [-0.39, 0.29) is 5.91 Å². The van der Waals surface area contributed by atoms with E-state index in [9.17, 15) is 4.79 Å². The molecule has 17 heavy (non-hydrogen) atoms. The number of piperazine rings is 1. The van der Waals surface area contributed by atoms with Gasteiger partial charge in [0.15, 0.2) is 0 Å². The van der Waals surface area contributed by atoms with Crippen LogP contribution in [0.2, 0.25) is 0 Å². The van der Waals surface area contributed by atoms with E-state index in [1.807, 2.05) is 4.90 Å². The van der Waals surface area contributed by atoms with Gasteiger partial charge in [-0.3, -0.25) is 4.79 Å². The molecule has 98 valence electrons. The van der Waals surface area contributed by atoms with Crippen LogP contribution < -0.4 is 5.32 Å². The summed E-state index contributed by atoms with van der Waals surface area (Å²) in [6.45, 7) is 5.47. The molecule has 0 bridgehead atoms. The minimum Gasteiger partial charge on any atom is -0.339 e. The van der Waals surface area contributed by atoms with E-state index in [0.717, 1.165) is 19.6 Å². The van der Waals surface area contributed by atoms with E-state index in [4.69, 9.17) is 0 Å². The van der Waals surface area contributed by atoms with Crippen LogP contribution in [0, 0.1) is 0 Å². The van der Waals surface area contributed by atoms with Crippen LogP contribution >= 0.6 is 0 Å². The largest absolute Gasteiger partial charge is 0.339 e. The second-order valence-electron chi connectivity index (χ2n) is 5.53. The lowest BCUT2D eigenvalue weighted by Gasteiger charge is -2.37. The summed E-state index contributed by atoms with van der Waals surface area (Å²) in [5.41, 5.74) is 0. The molecule has 0 aromatic carbocycles. The fourth-order valence-electron chi connectivity index (χ4n) is 2.75. The molecular formula is C13H25N3O. The summed E-state index contributed by atoms with van der Waals surface area (Å²) in [4.78, 5) is 16.4. The van der Waals surface area contributed by atoms with Gasteiger partial charge in [0.25, 0.3) is 0 Å². The zero-order valence-electron chi connectivity index (χ0n) is 11.1. The summed E-state index contributed by atoms with van der Waals surface area (Å²) in [7, 11) is 2.13. The second-order valence-corrected chi connectivity index (χ2v) is 5.53. The lowest BCUT2D eigenvalue weighted by atomic mass is 10.2. The highest BCUT2D eigenvalue weighted by molar-refractivity contribution is 5.78. The van der Waals surface area contributed by atoms with Crippen molar-refractivity contribution in [2.45, 2.75) is 44.7 Å². The number of nitrogens with one attached hydrogen (secondary N) is 1. The van der Waals surface area contributed by atoms with E-state index >= 15 is 0 Å². The van der Waals surface area contributed by atoms with Crippen molar-refractivity contribution in [1.82, 2.24) is 15.1 Å². The molecule has 4 heteroatoms. The van der Waals surface area contributed by atoms with Gasteiger partial charge in [0.2, 0.25) is 5.91 Å². The van der Waals surface area contributed by atoms with Crippen LogP contribution in [0.5, 0.6) is 0 Å². The number of amides is 1. The minimum atomic E-state index is 0.275. The number of carbonyl (C=O) groups is 1. The lowest BCUT2D eigenvalue weighted by Crippen LogP contribution is -2.54. The average molecular weight is 239 g/mol. The van der Waals surface area contributed by atoms with Crippen molar-refractivity contribution in [2.75, 3.05) is 33.2 Å². The van der Waals surface area contributed by atoms with Crippen molar-refractivity contribution in [3.63, 3.8) is 0 Å². The molecule has 1 N–H and O–H groups in total. The van der Waals surface area contributed by atoms with Crippen molar-refractivity contribution in [2.24, 2.45) is 0 Å². The molecule has 1 aliphatic heterocycles. The van der Waals surface area contributed by atoms with Crippen molar-refractivity contribution in [3.05, 3.63) is 0 Å². The second kappa shape index (κ2) is 5.83. The van der Waals surface area contributed by atoms with Gasteiger partial charge < -0.3 is 15.1 Å². The van der Waals surface area contributed by atoms with Gasteiger partial charge in [-0.15, -0.1) is 0 Å². The van der Waals surface area contributed by atoms with Gasteiger partial charge in [0, 0.05) is 31.7 Å². The smallest absolute Gasteiger partial charge is 0.236 e. The fourth-order valence-corrected chi connectivity index (χ4v) is 2.75. The van der Waals surface area contributed by atoms with E-state index in [2.05, 4.69) is 24.2 Å². The van der Waals surface area contributed by atoms with Crippen LogP contribution in [0.25, 0.3) is 0 Å². The summed E-state index contributed by atoms with van der Waals surface area (Å²) in [5, 5.41) is 3.40.